The molecule has 6 heteroatoms. The number of hydrogen-bond donors (Lipinski definition) is 1. The smallest absolute Gasteiger partial charge is 0.216 e. The van der Waals surface area contributed by atoms with E-state index in [1.54, 1.807) is 24.5 Å². The van der Waals surface area contributed by atoms with E-state index in [1.807, 2.05) is 48.5 Å². The summed E-state index contributed by atoms with van der Waals surface area (Å²) in [6.45, 7) is 0. The molecule has 0 saturated heterocycles. The number of pyridine rings is 2. The molecule has 0 radical (unpaired) electrons. The summed E-state index contributed by atoms with van der Waals surface area (Å²) in [7, 11) is 0. The Morgan fingerprint density at radius 3 is 2.30 bits per heavy atom. The molecule has 0 aliphatic heterocycles. The molecule has 4 aromatic rings. The Balaban J connectivity index is 1.72. The van der Waals surface area contributed by atoms with Gasteiger partial charge in [-0.15, -0.1) is 0 Å². The SMILES string of the molecule is O=C(c1ccccn1)c1c(-c2ccccn2)oc(NC2CCCCC2)c1-c1ccc(Br)cc1. The lowest BCUT2D eigenvalue weighted by Gasteiger charge is -2.23. The highest BCUT2D eigenvalue weighted by Gasteiger charge is 2.30. The van der Waals surface area contributed by atoms with E-state index < -0.39 is 0 Å². The van der Waals surface area contributed by atoms with Gasteiger partial charge in [0.05, 0.1) is 11.1 Å². The summed E-state index contributed by atoms with van der Waals surface area (Å²) in [5.41, 5.74) is 3.13. The molecule has 5 nitrogen and oxygen atoms in total. The number of aromatic nitrogens is 2. The highest BCUT2D eigenvalue weighted by atomic mass is 79.9. The maximum Gasteiger partial charge on any atom is 0.216 e. The van der Waals surface area contributed by atoms with Gasteiger partial charge < -0.3 is 9.73 Å². The van der Waals surface area contributed by atoms with Crippen LogP contribution in [0.3, 0.4) is 0 Å². The van der Waals surface area contributed by atoms with Crippen molar-refractivity contribution in [2.75, 3.05) is 5.32 Å². The van der Waals surface area contributed by atoms with E-state index in [9.17, 15) is 4.79 Å². The molecule has 0 atom stereocenters. The van der Waals surface area contributed by atoms with Crippen molar-refractivity contribution in [2.45, 2.75) is 38.1 Å². The first-order valence-electron chi connectivity index (χ1n) is 11.3. The Labute approximate surface area is 201 Å². The maximum absolute atomic E-state index is 13.8. The summed E-state index contributed by atoms with van der Waals surface area (Å²) in [5.74, 6) is 0.890. The van der Waals surface area contributed by atoms with Gasteiger partial charge in [0.1, 0.15) is 11.4 Å². The molecular formula is C27H24BrN3O2. The topological polar surface area (TPSA) is 68.0 Å². The number of ketones is 1. The first kappa shape index (κ1) is 21.6. The van der Waals surface area contributed by atoms with E-state index in [2.05, 4.69) is 31.2 Å². The third-order valence-corrected chi connectivity index (χ3v) is 6.53. The Hall–Kier alpha value is -3.25. The number of anilines is 1. The van der Waals surface area contributed by atoms with Crippen LogP contribution in [0.2, 0.25) is 0 Å². The molecule has 1 N–H and O–H groups in total. The highest BCUT2D eigenvalue weighted by molar-refractivity contribution is 9.10. The minimum atomic E-state index is -0.186. The summed E-state index contributed by atoms with van der Waals surface area (Å²) < 4.78 is 7.40. The number of furan rings is 1. The van der Waals surface area contributed by atoms with Crippen LogP contribution in [0.25, 0.3) is 22.6 Å². The maximum atomic E-state index is 13.8. The summed E-state index contributed by atoms with van der Waals surface area (Å²) in [6, 6.07) is 19.2. The Morgan fingerprint density at radius 1 is 0.909 bits per heavy atom. The lowest BCUT2D eigenvalue weighted by Crippen LogP contribution is -2.22. The normalized spacial score (nSPS) is 14.2. The van der Waals surface area contributed by atoms with Gasteiger partial charge in [0.15, 0.2) is 5.76 Å². The molecule has 0 amide bonds. The van der Waals surface area contributed by atoms with Crippen molar-refractivity contribution in [3.63, 3.8) is 0 Å². The molecule has 1 aliphatic rings. The van der Waals surface area contributed by atoms with Gasteiger partial charge >= 0.3 is 0 Å². The zero-order valence-corrected chi connectivity index (χ0v) is 19.7. The van der Waals surface area contributed by atoms with E-state index in [-0.39, 0.29) is 5.78 Å². The van der Waals surface area contributed by atoms with Gasteiger partial charge in [0, 0.05) is 22.9 Å². The van der Waals surface area contributed by atoms with Crippen LogP contribution < -0.4 is 5.32 Å². The van der Waals surface area contributed by atoms with Gasteiger partial charge in [0.25, 0.3) is 0 Å². The fraction of sp³-hybridized carbons (Fsp3) is 0.222. The summed E-state index contributed by atoms with van der Waals surface area (Å²) >= 11 is 3.52. The van der Waals surface area contributed by atoms with E-state index >= 15 is 0 Å². The van der Waals surface area contributed by atoms with E-state index in [4.69, 9.17) is 4.42 Å². The number of carbonyl (C=O) groups excluding carboxylic acids is 1. The van der Waals surface area contributed by atoms with Crippen LogP contribution in [0.5, 0.6) is 0 Å². The third-order valence-electron chi connectivity index (χ3n) is 6.00. The van der Waals surface area contributed by atoms with Crippen molar-refractivity contribution >= 4 is 27.6 Å². The van der Waals surface area contributed by atoms with Gasteiger partial charge in [-0.2, -0.15) is 0 Å². The number of nitrogens with one attached hydrogen (secondary N) is 1. The molecule has 166 valence electrons. The van der Waals surface area contributed by atoms with E-state index in [1.165, 1.54) is 19.3 Å². The van der Waals surface area contributed by atoms with Gasteiger partial charge in [-0.05, 0) is 54.8 Å². The predicted octanol–water partition coefficient (Wildman–Crippen LogP) is 7.14. The molecule has 1 aromatic carbocycles. The van der Waals surface area contributed by atoms with Crippen molar-refractivity contribution < 1.29 is 9.21 Å². The van der Waals surface area contributed by atoms with Crippen LogP contribution in [0.15, 0.2) is 81.9 Å². The molecule has 5 rings (SSSR count). The van der Waals surface area contributed by atoms with Crippen LogP contribution in [-0.2, 0) is 0 Å². The second-order valence-corrected chi connectivity index (χ2v) is 9.17. The molecule has 0 unspecified atom stereocenters. The van der Waals surface area contributed by atoms with E-state index in [0.29, 0.717) is 34.6 Å². The number of benzene rings is 1. The first-order valence-corrected chi connectivity index (χ1v) is 12.1. The van der Waals surface area contributed by atoms with Crippen LogP contribution in [0.4, 0.5) is 5.88 Å². The quantitative estimate of drug-likeness (QED) is 0.284. The van der Waals surface area contributed by atoms with Crippen molar-refractivity contribution in [3.8, 4) is 22.6 Å². The molecule has 33 heavy (non-hydrogen) atoms. The first-order chi connectivity index (χ1) is 16.2. The summed E-state index contributed by atoms with van der Waals surface area (Å²) in [4.78, 5) is 22.6. The second-order valence-electron chi connectivity index (χ2n) is 8.26. The Kier molecular flexibility index (Phi) is 6.35. The summed E-state index contributed by atoms with van der Waals surface area (Å²) in [5, 5.41) is 3.62. The minimum Gasteiger partial charge on any atom is -0.438 e. The molecular weight excluding hydrogens is 478 g/mol. The molecule has 1 saturated carbocycles. The fourth-order valence-corrected chi connectivity index (χ4v) is 4.64. The molecule has 3 aromatic heterocycles. The third kappa shape index (κ3) is 4.62. The number of rotatable bonds is 6. The Bertz CT molecular complexity index is 1230. The fourth-order valence-electron chi connectivity index (χ4n) is 4.38. The predicted molar refractivity (Wildman–Crippen MR) is 133 cm³/mol. The zero-order valence-electron chi connectivity index (χ0n) is 18.1. The van der Waals surface area contributed by atoms with Gasteiger partial charge in [-0.1, -0.05) is 59.5 Å². The minimum absolute atomic E-state index is 0.186. The number of hydrogen-bond acceptors (Lipinski definition) is 5. The van der Waals surface area contributed by atoms with Crippen molar-refractivity contribution in [2.24, 2.45) is 0 Å². The van der Waals surface area contributed by atoms with Gasteiger partial charge in [0.2, 0.25) is 11.7 Å². The number of nitrogens with zero attached hydrogens (tertiary/aromatic N) is 2. The summed E-state index contributed by atoms with van der Waals surface area (Å²) in [6.07, 6.45) is 9.16. The van der Waals surface area contributed by atoms with Crippen LogP contribution >= 0.6 is 15.9 Å². The molecule has 1 aliphatic carbocycles. The highest BCUT2D eigenvalue weighted by Crippen LogP contribution is 2.43. The lowest BCUT2D eigenvalue weighted by atomic mass is 9.94. The standard InChI is InChI=1S/C27H24BrN3O2/c28-19-14-12-18(13-15-19)23-24(25(32)21-10-4-6-16-29-21)26(22-11-5-7-17-30-22)33-27(23)31-20-8-2-1-3-9-20/h4-7,10-17,20,31H,1-3,8-9H2. The Morgan fingerprint density at radius 2 is 1.64 bits per heavy atom. The zero-order chi connectivity index (χ0) is 22.6. The van der Waals surface area contributed by atoms with Crippen LogP contribution in [-0.4, -0.2) is 21.8 Å². The van der Waals surface area contributed by atoms with Crippen molar-refractivity contribution in [1.29, 1.82) is 0 Å². The van der Waals surface area contributed by atoms with Crippen LogP contribution in [0, 0.1) is 0 Å². The van der Waals surface area contributed by atoms with Crippen LogP contribution in [0.1, 0.15) is 48.2 Å². The van der Waals surface area contributed by atoms with E-state index in [0.717, 1.165) is 28.4 Å². The molecule has 3 heterocycles. The lowest BCUT2D eigenvalue weighted by molar-refractivity contribution is 0.103. The average Bonchev–Trinajstić information content (AvgIpc) is 3.24. The van der Waals surface area contributed by atoms with Gasteiger partial charge in [-0.3, -0.25) is 14.8 Å². The molecule has 0 spiro atoms. The number of halogens is 1. The largest absolute Gasteiger partial charge is 0.438 e. The molecule has 1 fully saturated rings. The van der Waals surface area contributed by atoms with Crippen molar-refractivity contribution in [1.82, 2.24) is 9.97 Å². The second kappa shape index (κ2) is 9.71. The van der Waals surface area contributed by atoms with Crippen molar-refractivity contribution in [3.05, 3.63) is 88.8 Å². The number of carbonyl (C=O) groups is 1. The molecule has 0 bridgehead atoms. The monoisotopic (exact) mass is 501 g/mol. The van der Waals surface area contributed by atoms with Gasteiger partial charge in [-0.25, -0.2) is 0 Å². The average molecular weight is 502 g/mol.